The molecule has 3 aromatic rings. The average molecular weight is 409 g/mol. The lowest BCUT2D eigenvalue weighted by Gasteiger charge is -2.12. The number of hydrogen-bond donors (Lipinski definition) is 2. The minimum absolute atomic E-state index is 0.119. The highest BCUT2D eigenvalue weighted by molar-refractivity contribution is 5.94. The van der Waals surface area contributed by atoms with Gasteiger partial charge >= 0.3 is 5.97 Å². The molecule has 6 nitrogen and oxygen atoms in total. The number of carboxylic acid groups (broad SMARTS) is 1. The second-order valence-electron chi connectivity index (χ2n) is 6.68. The van der Waals surface area contributed by atoms with Crippen molar-refractivity contribution in [2.45, 2.75) is 32.2 Å². The van der Waals surface area contributed by atoms with Crippen molar-refractivity contribution in [1.82, 2.24) is 5.32 Å². The van der Waals surface area contributed by atoms with Crippen LogP contribution in [0.5, 0.6) is 5.75 Å². The van der Waals surface area contributed by atoms with Gasteiger partial charge in [-0.3, -0.25) is 9.59 Å². The first-order chi connectivity index (χ1) is 15.4. The molecule has 2 N–H and O–H groups in total. The van der Waals surface area contributed by atoms with Crippen LogP contribution in [0.3, 0.4) is 0 Å². The Morgan fingerprint density at radius 1 is 1.00 bits per heavy atom. The van der Waals surface area contributed by atoms with E-state index in [9.17, 15) is 9.59 Å². The minimum atomic E-state index is -2.16. The average Bonchev–Trinajstić information content (AvgIpc) is 3.31. The molecule has 0 spiro atoms. The largest absolute Gasteiger partial charge is 0.493 e. The molecule has 2 aromatic carbocycles. The van der Waals surface area contributed by atoms with E-state index in [2.05, 4.69) is 5.32 Å². The number of hydrogen-bond acceptors (Lipinski definition) is 4. The van der Waals surface area contributed by atoms with Crippen molar-refractivity contribution in [2.24, 2.45) is 0 Å². The second kappa shape index (κ2) is 10.9. The fourth-order valence-electron chi connectivity index (χ4n) is 2.86. The first-order valence-corrected chi connectivity index (χ1v) is 9.77. The summed E-state index contributed by atoms with van der Waals surface area (Å²) in [7, 11) is 0. The Hall–Kier alpha value is -3.54. The van der Waals surface area contributed by atoms with Crippen molar-refractivity contribution in [3.8, 4) is 17.1 Å². The number of unbranched alkanes of at least 4 members (excludes halogenated alkanes) is 2. The Balaban J connectivity index is 1.62. The summed E-state index contributed by atoms with van der Waals surface area (Å²) in [6.07, 6.45) is 3.61. The second-order valence-corrected chi connectivity index (χ2v) is 6.68. The van der Waals surface area contributed by atoms with Crippen molar-refractivity contribution < 1.29 is 26.6 Å². The number of aliphatic carboxylic acids is 1. The van der Waals surface area contributed by atoms with E-state index in [-0.39, 0.29) is 12.0 Å². The number of para-hydroxylation sites is 1. The molecular formula is C24H25NO5. The zero-order chi connectivity index (χ0) is 23.0. The fraction of sp³-hybridized carbons (Fsp3) is 0.250. The number of ether oxygens (including phenoxy) is 1. The van der Waals surface area contributed by atoms with Crippen molar-refractivity contribution >= 4 is 11.9 Å². The van der Waals surface area contributed by atoms with Crippen LogP contribution in [-0.2, 0) is 11.3 Å². The summed E-state index contributed by atoms with van der Waals surface area (Å²) >= 11 is 0. The molecule has 0 saturated carbocycles. The van der Waals surface area contributed by atoms with Gasteiger partial charge in [0.2, 0.25) is 0 Å². The molecule has 0 unspecified atom stereocenters. The molecule has 0 aliphatic rings. The van der Waals surface area contributed by atoms with Gasteiger partial charge in [0.25, 0.3) is 5.91 Å². The minimum Gasteiger partial charge on any atom is -0.493 e. The summed E-state index contributed by atoms with van der Waals surface area (Å²) in [6, 6.07) is 16.9. The quantitative estimate of drug-likeness (QED) is 0.440. The van der Waals surface area contributed by atoms with Gasteiger partial charge in [0.15, 0.2) is 0 Å². The van der Waals surface area contributed by atoms with Gasteiger partial charge in [-0.25, -0.2) is 0 Å². The van der Waals surface area contributed by atoms with Gasteiger partial charge in [-0.05, 0) is 49.6 Å². The number of rotatable bonds is 11. The molecule has 1 aromatic heterocycles. The van der Waals surface area contributed by atoms with Gasteiger partial charge < -0.3 is 19.6 Å². The molecule has 0 saturated heterocycles. The Morgan fingerprint density at radius 3 is 2.53 bits per heavy atom. The monoisotopic (exact) mass is 409 g/mol. The van der Waals surface area contributed by atoms with Crippen LogP contribution in [0.1, 0.15) is 44.3 Å². The van der Waals surface area contributed by atoms with Gasteiger partial charge in [0.1, 0.15) is 11.5 Å². The molecule has 0 atom stereocenters. The number of carboxylic acids is 1. The highest BCUT2D eigenvalue weighted by atomic mass is 16.5. The SMILES string of the molecule is [2H]C([2H])(NC(=O)c1ccc(-c2ccco2)cc1)c1ccccc1OCCCCCC(=O)O. The normalized spacial score (nSPS) is 12.0. The molecule has 30 heavy (non-hydrogen) atoms. The number of benzene rings is 2. The van der Waals surface area contributed by atoms with Crippen LogP contribution in [0.2, 0.25) is 0 Å². The summed E-state index contributed by atoms with van der Waals surface area (Å²) in [6.45, 7) is -1.83. The predicted molar refractivity (Wildman–Crippen MR) is 113 cm³/mol. The van der Waals surface area contributed by atoms with E-state index < -0.39 is 18.4 Å². The maximum absolute atomic E-state index is 12.7. The van der Waals surface area contributed by atoms with Gasteiger partial charge in [-0.15, -0.1) is 0 Å². The third-order valence-corrected chi connectivity index (χ3v) is 4.44. The molecule has 3 rings (SSSR count). The van der Waals surface area contributed by atoms with Crippen LogP contribution < -0.4 is 10.1 Å². The van der Waals surface area contributed by atoms with E-state index in [0.717, 1.165) is 5.56 Å². The Bertz CT molecular complexity index is 1030. The van der Waals surface area contributed by atoms with Crippen LogP contribution >= 0.6 is 0 Å². The molecule has 0 radical (unpaired) electrons. The first-order valence-electron chi connectivity index (χ1n) is 10.8. The van der Waals surface area contributed by atoms with Crippen LogP contribution in [0, 0.1) is 0 Å². The summed E-state index contributed by atoms with van der Waals surface area (Å²) in [5.74, 6) is -0.356. The maximum atomic E-state index is 12.7. The van der Waals surface area contributed by atoms with Gasteiger partial charge in [-0.2, -0.15) is 0 Å². The Labute approximate surface area is 178 Å². The summed E-state index contributed by atoms with van der Waals surface area (Å²) < 4.78 is 27.9. The van der Waals surface area contributed by atoms with Crippen LogP contribution in [0.15, 0.2) is 71.3 Å². The van der Waals surface area contributed by atoms with Crippen molar-refractivity contribution in [1.29, 1.82) is 0 Å². The van der Waals surface area contributed by atoms with E-state index >= 15 is 0 Å². The number of carbonyl (C=O) groups is 2. The molecule has 0 bridgehead atoms. The fourth-order valence-corrected chi connectivity index (χ4v) is 2.86. The lowest BCUT2D eigenvalue weighted by molar-refractivity contribution is -0.137. The van der Waals surface area contributed by atoms with Crippen molar-refractivity contribution in [2.75, 3.05) is 6.61 Å². The van der Waals surface area contributed by atoms with Crippen LogP contribution in [0.4, 0.5) is 0 Å². The zero-order valence-electron chi connectivity index (χ0n) is 18.5. The lowest BCUT2D eigenvalue weighted by Crippen LogP contribution is -2.23. The van der Waals surface area contributed by atoms with E-state index in [4.69, 9.17) is 17.0 Å². The van der Waals surface area contributed by atoms with Gasteiger partial charge in [0, 0.05) is 29.6 Å². The molecule has 156 valence electrons. The van der Waals surface area contributed by atoms with E-state index in [0.29, 0.717) is 42.9 Å². The van der Waals surface area contributed by atoms with E-state index in [1.165, 1.54) is 0 Å². The maximum Gasteiger partial charge on any atom is 0.303 e. The van der Waals surface area contributed by atoms with Crippen molar-refractivity contribution in [3.05, 3.63) is 78.1 Å². The molecule has 1 heterocycles. The molecule has 1 amide bonds. The Morgan fingerprint density at radius 2 is 1.80 bits per heavy atom. The predicted octanol–water partition coefficient (Wildman–Crippen LogP) is 4.90. The summed E-state index contributed by atoms with van der Waals surface area (Å²) in [5.41, 5.74) is 1.35. The number of carbonyl (C=O) groups excluding carboxylic acids is 1. The standard InChI is InChI=1S/C24H25NO5/c26-23(27)10-2-1-5-15-29-22-8-4-3-7-20(22)17-25-24(28)19-13-11-18(12-14-19)21-9-6-16-30-21/h3-4,6-9,11-14,16H,1-2,5,10,15,17H2,(H,25,28)(H,26,27)/i17D2. The van der Waals surface area contributed by atoms with Gasteiger partial charge in [0.05, 0.1) is 15.6 Å². The topological polar surface area (TPSA) is 88.8 Å². The first kappa shape index (κ1) is 18.5. The highest BCUT2D eigenvalue weighted by Gasteiger charge is 2.09. The molecule has 0 aliphatic heterocycles. The summed E-state index contributed by atoms with van der Waals surface area (Å²) in [5, 5.41) is 11.1. The number of furan rings is 1. The lowest BCUT2D eigenvalue weighted by atomic mass is 10.1. The number of nitrogens with one attached hydrogen (secondary N) is 1. The van der Waals surface area contributed by atoms with Crippen LogP contribution in [0.25, 0.3) is 11.3 Å². The third kappa shape index (κ3) is 6.24. The van der Waals surface area contributed by atoms with E-state index in [1.807, 2.05) is 6.07 Å². The molecular weight excluding hydrogens is 382 g/mol. The van der Waals surface area contributed by atoms with Crippen LogP contribution in [-0.4, -0.2) is 23.6 Å². The zero-order valence-corrected chi connectivity index (χ0v) is 16.5. The molecule has 6 heteroatoms. The highest BCUT2D eigenvalue weighted by Crippen LogP contribution is 2.21. The Kier molecular flexibility index (Phi) is 6.69. The number of amides is 1. The van der Waals surface area contributed by atoms with Gasteiger partial charge in [-0.1, -0.05) is 30.3 Å². The molecule has 0 aliphatic carbocycles. The summed E-state index contributed by atoms with van der Waals surface area (Å²) in [4.78, 5) is 23.2. The third-order valence-electron chi connectivity index (χ3n) is 4.44. The van der Waals surface area contributed by atoms with Crippen molar-refractivity contribution in [3.63, 3.8) is 0 Å². The van der Waals surface area contributed by atoms with E-state index in [1.54, 1.807) is 60.9 Å². The molecule has 0 fully saturated rings. The smallest absolute Gasteiger partial charge is 0.303 e.